The number of nitrogens with zero attached hydrogens (tertiary/aromatic N) is 3. The highest BCUT2D eigenvalue weighted by molar-refractivity contribution is 7.92. The number of nitrogens with one attached hydrogen (secondary N) is 2. The molecule has 0 aliphatic rings. The second-order valence-corrected chi connectivity index (χ2v) is 5.68. The van der Waals surface area contributed by atoms with E-state index < -0.39 is 16.0 Å². The number of aryl methyl sites for hydroxylation is 1. The van der Waals surface area contributed by atoms with Crippen molar-refractivity contribution in [2.75, 3.05) is 4.72 Å². The number of carbonyl (C=O) groups is 1. The van der Waals surface area contributed by atoms with Crippen LogP contribution >= 0.6 is 0 Å². The molecule has 2 rings (SSSR count). The zero-order valence-corrected chi connectivity index (χ0v) is 11.4. The van der Waals surface area contributed by atoms with E-state index in [0.717, 1.165) is 12.4 Å². The van der Waals surface area contributed by atoms with E-state index in [2.05, 4.69) is 19.9 Å². The Balaban J connectivity index is 2.36. The van der Waals surface area contributed by atoms with Crippen LogP contribution in [-0.2, 0) is 16.6 Å². The molecule has 0 saturated carbocycles. The lowest BCUT2D eigenvalue weighted by molar-refractivity contribution is 0.0685. The number of hydrogen-bond donors (Lipinski definition) is 3. The van der Waals surface area contributed by atoms with E-state index in [9.17, 15) is 13.2 Å². The third-order valence-corrected chi connectivity index (χ3v) is 3.82. The highest BCUT2D eigenvalue weighted by Crippen LogP contribution is 2.17. The molecule has 0 radical (unpaired) electrons. The molecule has 10 heteroatoms. The average molecular weight is 299 g/mol. The third-order valence-electron chi connectivity index (χ3n) is 2.51. The van der Waals surface area contributed by atoms with Gasteiger partial charge in [-0.2, -0.15) is 10.1 Å². The highest BCUT2D eigenvalue weighted by atomic mass is 32.2. The van der Waals surface area contributed by atoms with Gasteiger partial charge in [0.15, 0.2) is 0 Å². The van der Waals surface area contributed by atoms with Gasteiger partial charge < -0.3 is 9.67 Å². The molecule has 3 N–H and O–H groups in total. The van der Waals surface area contributed by atoms with Gasteiger partial charge >= 0.3 is 5.97 Å². The Kier molecular flexibility index (Phi) is 3.74. The molecule has 0 fully saturated rings. The van der Waals surface area contributed by atoms with Crippen LogP contribution in [-0.4, -0.2) is 39.2 Å². The van der Waals surface area contributed by atoms with Crippen molar-refractivity contribution in [3.8, 4) is 0 Å². The van der Waals surface area contributed by atoms with Crippen LogP contribution in [0, 0.1) is 0 Å². The summed E-state index contributed by atoms with van der Waals surface area (Å²) in [6, 6.07) is 1.11. The Morgan fingerprint density at radius 1 is 1.55 bits per heavy atom. The second-order valence-electron chi connectivity index (χ2n) is 4.00. The number of aromatic nitrogens is 4. The van der Waals surface area contributed by atoms with Crippen molar-refractivity contribution in [2.24, 2.45) is 0 Å². The fourth-order valence-corrected chi connectivity index (χ4v) is 2.68. The maximum atomic E-state index is 12.1. The number of carboxylic acids is 1. The summed E-state index contributed by atoms with van der Waals surface area (Å²) in [6.45, 7) is 2.28. The molecule has 9 nitrogen and oxygen atoms in total. The number of sulfonamides is 1. The summed E-state index contributed by atoms with van der Waals surface area (Å²) in [7, 11) is -3.90. The van der Waals surface area contributed by atoms with E-state index in [1.165, 1.54) is 10.8 Å². The molecular weight excluding hydrogens is 286 g/mol. The minimum Gasteiger partial charge on any atom is -0.477 e. The van der Waals surface area contributed by atoms with E-state index in [-0.39, 0.29) is 16.5 Å². The first-order valence-electron chi connectivity index (χ1n) is 5.75. The van der Waals surface area contributed by atoms with Gasteiger partial charge in [-0.3, -0.25) is 0 Å². The van der Waals surface area contributed by atoms with Gasteiger partial charge in [-0.15, -0.1) is 0 Å². The number of H-pyrrole nitrogens is 1. The maximum Gasteiger partial charge on any atom is 0.352 e. The first-order valence-corrected chi connectivity index (χ1v) is 7.24. The molecule has 20 heavy (non-hydrogen) atoms. The van der Waals surface area contributed by atoms with E-state index in [4.69, 9.17) is 5.11 Å². The lowest BCUT2D eigenvalue weighted by atomic mass is 10.4. The standard InChI is InChI=1S/C10H13N5O4S/c1-2-3-15-5-7(4-8(15)9(16)17)20(18,19)14-10-11-6-12-13-10/h4-6H,2-3H2,1H3,(H,16,17)(H2,11,12,13,14). The number of carboxylic acid groups (broad SMARTS) is 1. The number of aromatic amines is 1. The minimum atomic E-state index is -3.90. The van der Waals surface area contributed by atoms with Crippen molar-refractivity contribution in [2.45, 2.75) is 24.8 Å². The van der Waals surface area contributed by atoms with Crippen LogP contribution in [0.15, 0.2) is 23.5 Å². The van der Waals surface area contributed by atoms with Crippen molar-refractivity contribution in [1.82, 2.24) is 19.7 Å². The molecule has 0 unspecified atom stereocenters. The summed E-state index contributed by atoms with van der Waals surface area (Å²) >= 11 is 0. The van der Waals surface area contributed by atoms with Gasteiger partial charge in [0.05, 0.1) is 0 Å². The normalized spacial score (nSPS) is 11.4. The van der Waals surface area contributed by atoms with Crippen LogP contribution in [0.4, 0.5) is 5.95 Å². The summed E-state index contributed by atoms with van der Waals surface area (Å²) in [5.74, 6) is -1.22. The molecule has 0 atom stereocenters. The molecule has 0 saturated heterocycles. The lowest BCUT2D eigenvalue weighted by Gasteiger charge is -2.03. The quantitative estimate of drug-likeness (QED) is 0.712. The fraction of sp³-hybridized carbons (Fsp3) is 0.300. The summed E-state index contributed by atoms with van der Waals surface area (Å²) in [5, 5.41) is 14.9. The molecule has 108 valence electrons. The molecule has 0 aliphatic carbocycles. The third kappa shape index (κ3) is 2.79. The maximum absolute atomic E-state index is 12.1. The number of rotatable bonds is 6. The molecular formula is C10H13N5O4S. The van der Waals surface area contributed by atoms with E-state index in [1.54, 1.807) is 0 Å². The van der Waals surface area contributed by atoms with Crippen LogP contribution in [0.1, 0.15) is 23.8 Å². The van der Waals surface area contributed by atoms with Gasteiger partial charge in [0.1, 0.15) is 16.9 Å². The zero-order chi connectivity index (χ0) is 14.8. The largest absolute Gasteiger partial charge is 0.477 e. The first-order chi connectivity index (χ1) is 9.44. The van der Waals surface area contributed by atoms with E-state index in [1.807, 2.05) is 6.92 Å². The van der Waals surface area contributed by atoms with Crippen LogP contribution in [0.2, 0.25) is 0 Å². The predicted molar refractivity (Wildman–Crippen MR) is 68.9 cm³/mol. The summed E-state index contributed by atoms with van der Waals surface area (Å²) in [6.07, 6.45) is 3.12. The summed E-state index contributed by atoms with van der Waals surface area (Å²) in [4.78, 5) is 14.6. The van der Waals surface area contributed by atoms with Gasteiger partial charge in [0.2, 0.25) is 5.95 Å². The van der Waals surface area contributed by atoms with Crippen LogP contribution < -0.4 is 4.72 Å². The van der Waals surface area contributed by atoms with Crippen molar-refractivity contribution in [1.29, 1.82) is 0 Å². The minimum absolute atomic E-state index is 0.0369. The smallest absolute Gasteiger partial charge is 0.352 e. The van der Waals surface area contributed by atoms with Gasteiger partial charge in [0.25, 0.3) is 10.0 Å². The van der Waals surface area contributed by atoms with Crippen molar-refractivity contribution in [3.63, 3.8) is 0 Å². The number of hydrogen-bond acceptors (Lipinski definition) is 5. The van der Waals surface area contributed by atoms with E-state index in [0.29, 0.717) is 13.0 Å². The molecule has 2 aromatic heterocycles. The zero-order valence-electron chi connectivity index (χ0n) is 10.6. The molecule has 0 spiro atoms. The predicted octanol–water partition coefficient (Wildman–Crippen LogP) is 0.515. The Labute approximate surface area is 114 Å². The number of anilines is 1. The molecule has 0 bridgehead atoms. The monoisotopic (exact) mass is 299 g/mol. The Morgan fingerprint density at radius 2 is 2.30 bits per heavy atom. The van der Waals surface area contributed by atoms with Gasteiger partial charge in [-0.05, 0) is 12.5 Å². The Hall–Kier alpha value is -2.36. The van der Waals surface area contributed by atoms with Crippen molar-refractivity contribution >= 4 is 21.9 Å². The van der Waals surface area contributed by atoms with Crippen molar-refractivity contribution in [3.05, 3.63) is 24.3 Å². The first kappa shape index (κ1) is 14.1. The van der Waals surface area contributed by atoms with Crippen LogP contribution in [0.25, 0.3) is 0 Å². The summed E-state index contributed by atoms with van der Waals surface area (Å²) < 4.78 is 27.7. The average Bonchev–Trinajstić information content (AvgIpc) is 2.98. The second kappa shape index (κ2) is 5.33. The molecule has 2 heterocycles. The topological polar surface area (TPSA) is 130 Å². The van der Waals surface area contributed by atoms with Gasteiger partial charge in [0, 0.05) is 12.7 Å². The van der Waals surface area contributed by atoms with E-state index >= 15 is 0 Å². The van der Waals surface area contributed by atoms with Crippen molar-refractivity contribution < 1.29 is 18.3 Å². The molecule has 0 amide bonds. The van der Waals surface area contributed by atoms with Gasteiger partial charge in [-0.1, -0.05) is 6.92 Å². The van der Waals surface area contributed by atoms with Crippen LogP contribution in [0.3, 0.4) is 0 Å². The SMILES string of the molecule is CCCn1cc(S(=O)(=O)Nc2ncn[nH]2)cc1C(=O)O. The summed E-state index contributed by atoms with van der Waals surface area (Å²) in [5.41, 5.74) is -0.0789. The lowest BCUT2D eigenvalue weighted by Crippen LogP contribution is -2.13. The Morgan fingerprint density at radius 3 is 2.85 bits per heavy atom. The fourth-order valence-electron chi connectivity index (χ4n) is 1.68. The Bertz CT molecular complexity index is 704. The molecule has 0 aromatic carbocycles. The molecule has 0 aliphatic heterocycles. The van der Waals surface area contributed by atoms with Gasteiger partial charge in [-0.25, -0.2) is 23.0 Å². The van der Waals surface area contributed by atoms with Crippen LogP contribution in [0.5, 0.6) is 0 Å². The molecule has 2 aromatic rings. The highest BCUT2D eigenvalue weighted by Gasteiger charge is 2.22. The number of aromatic carboxylic acids is 1.